The molecule has 6 nitrogen and oxygen atoms in total. The summed E-state index contributed by atoms with van der Waals surface area (Å²) in [6.45, 7) is 0. The number of primary amides is 1. The van der Waals surface area contributed by atoms with Gasteiger partial charge in [0.15, 0.2) is 0 Å². The molecular weight excluding hydrogens is 286 g/mol. The molecule has 3 rings (SSSR count). The Kier molecular flexibility index (Phi) is 3.57. The molecule has 0 aliphatic heterocycles. The Morgan fingerprint density at radius 2 is 1.95 bits per heavy atom. The molecule has 104 valence electrons. The molecule has 0 unspecified atom stereocenters. The lowest BCUT2D eigenvalue weighted by atomic mass is 10.1. The van der Waals surface area contributed by atoms with Crippen LogP contribution in [0, 0.1) is 0 Å². The van der Waals surface area contributed by atoms with Crippen LogP contribution in [0.2, 0.25) is 0 Å². The second kappa shape index (κ2) is 5.68. The van der Waals surface area contributed by atoms with Crippen LogP contribution in [0.5, 0.6) is 0 Å². The van der Waals surface area contributed by atoms with Gasteiger partial charge in [-0.2, -0.15) is 0 Å². The van der Waals surface area contributed by atoms with Crippen LogP contribution in [-0.2, 0) is 0 Å². The van der Waals surface area contributed by atoms with Crippen LogP contribution in [0.3, 0.4) is 0 Å². The molecule has 7 heteroatoms. The molecule has 1 aromatic carbocycles. The third kappa shape index (κ3) is 3.03. The highest BCUT2D eigenvalue weighted by Gasteiger charge is 2.07. The summed E-state index contributed by atoms with van der Waals surface area (Å²) in [6.07, 6.45) is 4.95. The molecule has 2 aromatic heterocycles. The molecule has 3 aromatic rings. The van der Waals surface area contributed by atoms with Gasteiger partial charge in [-0.1, -0.05) is 12.1 Å². The first-order valence-electron chi connectivity index (χ1n) is 6.11. The zero-order valence-electron chi connectivity index (χ0n) is 10.9. The van der Waals surface area contributed by atoms with E-state index in [-0.39, 0.29) is 0 Å². The van der Waals surface area contributed by atoms with E-state index in [9.17, 15) is 4.79 Å². The molecule has 0 fully saturated rings. The number of nitrogens with two attached hydrogens (primary N) is 1. The Labute approximate surface area is 124 Å². The van der Waals surface area contributed by atoms with Crippen molar-refractivity contribution < 1.29 is 4.79 Å². The van der Waals surface area contributed by atoms with Gasteiger partial charge in [0.05, 0.1) is 11.9 Å². The van der Waals surface area contributed by atoms with Crippen molar-refractivity contribution in [3.05, 3.63) is 48.2 Å². The average Bonchev–Trinajstić information content (AvgIpc) is 2.98. The molecule has 0 spiro atoms. The molecule has 0 radical (unpaired) electrons. The molecule has 0 aliphatic carbocycles. The van der Waals surface area contributed by atoms with Crippen LogP contribution in [0.15, 0.2) is 48.2 Å². The third-order valence-electron chi connectivity index (χ3n) is 2.73. The number of carbonyl (C=O) groups excluding carboxylic acids is 1. The van der Waals surface area contributed by atoms with Crippen LogP contribution in [-0.4, -0.2) is 21.0 Å². The summed E-state index contributed by atoms with van der Waals surface area (Å²) >= 11 is 1.51. The largest absolute Gasteiger partial charge is 0.351 e. The normalized spacial score (nSPS) is 10.3. The minimum atomic E-state index is -0.582. The fourth-order valence-electron chi connectivity index (χ4n) is 1.80. The van der Waals surface area contributed by atoms with Gasteiger partial charge in [-0.3, -0.25) is 9.97 Å². The van der Waals surface area contributed by atoms with Gasteiger partial charge in [0, 0.05) is 29.0 Å². The molecule has 0 bridgehead atoms. The summed E-state index contributed by atoms with van der Waals surface area (Å²) in [5.41, 5.74) is 8.28. The maximum atomic E-state index is 10.8. The summed E-state index contributed by atoms with van der Waals surface area (Å²) in [5, 5.41) is 5.29. The molecule has 0 saturated carbocycles. The van der Waals surface area contributed by atoms with E-state index in [1.807, 2.05) is 17.5 Å². The van der Waals surface area contributed by atoms with Gasteiger partial charge in [-0.05, 0) is 12.1 Å². The van der Waals surface area contributed by atoms with Crippen molar-refractivity contribution in [1.82, 2.24) is 15.0 Å². The van der Waals surface area contributed by atoms with Crippen molar-refractivity contribution in [2.24, 2.45) is 5.73 Å². The highest BCUT2D eigenvalue weighted by Crippen LogP contribution is 2.27. The van der Waals surface area contributed by atoms with Gasteiger partial charge < -0.3 is 11.1 Å². The first kappa shape index (κ1) is 13.2. The Hall–Kier alpha value is -2.80. The molecule has 0 atom stereocenters. The first-order valence-corrected chi connectivity index (χ1v) is 6.99. The van der Waals surface area contributed by atoms with Gasteiger partial charge in [0.25, 0.3) is 0 Å². The Bertz CT molecular complexity index is 755. The number of urea groups is 1. The Balaban J connectivity index is 1.85. The number of aromatic nitrogens is 3. The topological polar surface area (TPSA) is 93.8 Å². The summed E-state index contributed by atoms with van der Waals surface area (Å²) in [6, 6.07) is 6.73. The average molecular weight is 297 g/mol. The number of carbonyl (C=O) groups is 1. The van der Waals surface area contributed by atoms with E-state index in [0.29, 0.717) is 5.69 Å². The molecule has 2 amide bonds. The second-order valence-corrected chi connectivity index (χ2v) is 5.05. The monoisotopic (exact) mass is 297 g/mol. The van der Waals surface area contributed by atoms with Crippen molar-refractivity contribution >= 4 is 23.1 Å². The van der Waals surface area contributed by atoms with E-state index in [4.69, 9.17) is 5.73 Å². The van der Waals surface area contributed by atoms with E-state index in [2.05, 4.69) is 20.3 Å². The van der Waals surface area contributed by atoms with Crippen LogP contribution in [0.25, 0.3) is 22.0 Å². The van der Waals surface area contributed by atoms with Gasteiger partial charge >= 0.3 is 6.03 Å². The number of anilines is 1. The molecule has 21 heavy (non-hydrogen) atoms. The maximum Gasteiger partial charge on any atom is 0.316 e. The smallest absolute Gasteiger partial charge is 0.316 e. The fraction of sp³-hybridized carbons (Fsp3) is 0. The standard InChI is InChI=1S/C14H11N5OS/c15-14(20)18-10-3-1-9(2-4-10)12-8-21-13(19-12)11-7-16-5-6-17-11/h1-8H,(H3,15,18,20). The quantitative estimate of drug-likeness (QED) is 0.777. The van der Waals surface area contributed by atoms with E-state index in [1.54, 1.807) is 30.7 Å². The third-order valence-corrected chi connectivity index (χ3v) is 3.60. The zero-order valence-corrected chi connectivity index (χ0v) is 11.7. The molecular formula is C14H11N5OS. The minimum Gasteiger partial charge on any atom is -0.351 e. The summed E-state index contributed by atoms with van der Waals surface area (Å²) in [7, 11) is 0. The van der Waals surface area contributed by atoms with Crippen molar-refractivity contribution in [3.8, 4) is 22.0 Å². The van der Waals surface area contributed by atoms with Gasteiger partial charge in [0.1, 0.15) is 10.7 Å². The number of thiazole rings is 1. The number of nitrogens with one attached hydrogen (secondary N) is 1. The van der Waals surface area contributed by atoms with Crippen LogP contribution in [0.1, 0.15) is 0 Å². The minimum absolute atomic E-state index is 0.582. The lowest BCUT2D eigenvalue weighted by Gasteiger charge is -2.02. The predicted octanol–water partition coefficient (Wildman–Crippen LogP) is 2.76. The highest BCUT2D eigenvalue weighted by atomic mass is 32.1. The number of benzene rings is 1. The van der Waals surface area contributed by atoms with Crippen LogP contribution < -0.4 is 11.1 Å². The molecule has 0 aliphatic rings. The summed E-state index contributed by atoms with van der Waals surface area (Å²) in [5.74, 6) is 0. The predicted molar refractivity (Wildman–Crippen MR) is 81.8 cm³/mol. The van der Waals surface area contributed by atoms with Crippen molar-refractivity contribution in [2.75, 3.05) is 5.32 Å². The van der Waals surface area contributed by atoms with Gasteiger partial charge in [-0.25, -0.2) is 9.78 Å². The fourth-order valence-corrected chi connectivity index (χ4v) is 2.59. The summed E-state index contributed by atoms with van der Waals surface area (Å²) in [4.78, 5) is 23.6. The van der Waals surface area contributed by atoms with E-state index >= 15 is 0 Å². The van der Waals surface area contributed by atoms with Gasteiger partial charge in [-0.15, -0.1) is 11.3 Å². The van der Waals surface area contributed by atoms with E-state index in [0.717, 1.165) is 22.0 Å². The Morgan fingerprint density at radius 1 is 1.14 bits per heavy atom. The number of hydrogen-bond acceptors (Lipinski definition) is 5. The molecule has 3 N–H and O–H groups in total. The van der Waals surface area contributed by atoms with Crippen molar-refractivity contribution in [3.63, 3.8) is 0 Å². The lowest BCUT2D eigenvalue weighted by molar-refractivity contribution is 0.259. The Morgan fingerprint density at radius 3 is 2.62 bits per heavy atom. The number of nitrogens with zero attached hydrogens (tertiary/aromatic N) is 3. The second-order valence-electron chi connectivity index (χ2n) is 4.20. The SMILES string of the molecule is NC(=O)Nc1ccc(-c2csc(-c3cnccn3)n2)cc1. The molecule has 2 heterocycles. The van der Waals surface area contributed by atoms with E-state index < -0.39 is 6.03 Å². The van der Waals surface area contributed by atoms with Crippen molar-refractivity contribution in [1.29, 1.82) is 0 Å². The highest BCUT2D eigenvalue weighted by molar-refractivity contribution is 7.13. The first-order chi connectivity index (χ1) is 10.2. The maximum absolute atomic E-state index is 10.8. The van der Waals surface area contributed by atoms with Crippen LogP contribution >= 0.6 is 11.3 Å². The number of amides is 2. The lowest BCUT2D eigenvalue weighted by Crippen LogP contribution is -2.19. The number of hydrogen-bond donors (Lipinski definition) is 2. The van der Waals surface area contributed by atoms with Gasteiger partial charge in [0.2, 0.25) is 0 Å². The molecule has 0 saturated heterocycles. The number of rotatable bonds is 3. The van der Waals surface area contributed by atoms with Crippen LogP contribution in [0.4, 0.5) is 10.5 Å². The summed E-state index contributed by atoms with van der Waals surface area (Å²) < 4.78 is 0. The zero-order chi connectivity index (χ0) is 14.7. The van der Waals surface area contributed by atoms with Crippen molar-refractivity contribution in [2.45, 2.75) is 0 Å². The van der Waals surface area contributed by atoms with E-state index in [1.165, 1.54) is 11.3 Å².